The molecule has 1 aliphatic heterocycles. The quantitative estimate of drug-likeness (QED) is 0.625. The minimum atomic E-state index is 0.470. The van der Waals surface area contributed by atoms with Crippen molar-refractivity contribution in [3.05, 3.63) is 29.3 Å². The maximum Gasteiger partial charge on any atom is 0.104 e. The highest BCUT2D eigenvalue weighted by molar-refractivity contribution is 7.80. The summed E-state index contributed by atoms with van der Waals surface area (Å²) in [5.74, 6) is 0. The van der Waals surface area contributed by atoms with Crippen LogP contribution in [0.25, 0.3) is 0 Å². The fraction of sp³-hybridized carbons (Fsp3) is 0.588. The fourth-order valence-electron chi connectivity index (χ4n) is 3.05. The largest absolute Gasteiger partial charge is 0.389 e. The molecule has 1 aromatic carbocycles. The van der Waals surface area contributed by atoms with E-state index >= 15 is 0 Å². The Labute approximate surface area is 133 Å². The van der Waals surface area contributed by atoms with Gasteiger partial charge in [-0.25, -0.2) is 0 Å². The van der Waals surface area contributed by atoms with E-state index in [1.54, 1.807) is 0 Å². The molecule has 0 aromatic heterocycles. The van der Waals surface area contributed by atoms with Crippen molar-refractivity contribution in [3.63, 3.8) is 0 Å². The van der Waals surface area contributed by atoms with Crippen molar-refractivity contribution < 1.29 is 0 Å². The van der Waals surface area contributed by atoms with Gasteiger partial charge in [-0.05, 0) is 63.4 Å². The van der Waals surface area contributed by atoms with E-state index < -0.39 is 0 Å². The summed E-state index contributed by atoms with van der Waals surface area (Å²) in [5, 5.41) is 3.50. The lowest BCUT2D eigenvalue weighted by molar-refractivity contribution is 0.160. The van der Waals surface area contributed by atoms with Crippen LogP contribution in [0.5, 0.6) is 0 Å². The number of rotatable bonds is 6. The van der Waals surface area contributed by atoms with E-state index in [1.807, 2.05) is 6.07 Å². The number of likely N-dealkylation sites (tertiary alicyclic amines) is 1. The van der Waals surface area contributed by atoms with Gasteiger partial charge in [-0.15, -0.1) is 0 Å². The third kappa shape index (κ3) is 4.68. The number of hydrogen-bond donors (Lipinski definition) is 2. The SMILES string of the molecule is Cc1cc(NCCCN2CCCCC2C)ccc1C(N)=S. The van der Waals surface area contributed by atoms with Gasteiger partial charge in [0.2, 0.25) is 0 Å². The van der Waals surface area contributed by atoms with Crippen molar-refractivity contribution in [2.24, 2.45) is 5.73 Å². The van der Waals surface area contributed by atoms with Gasteiger partial charge >= 0.3 is 0 Å². The summed E-state index contributed by atoms with van der Waals surface area (Å²) in [6.45, 7) is 7.87. The predicted octanol–water partition coefficient (Wildman–Crippen LogP) is 3.31. The molecule has 0 spiro atoms. The fourth-order valence-corrected chi connectivity index (χ4v) is 3.28. The molecule has 1 fully saturated rings. The number of hydrogen-bond acceptors (Lipinski definition) is 3. The first-order valence-corrected chi connectivity index (χ1v) is 8.37. The van der Waals surface area contributed by atoms with E-state index in [0.717, 1.165) is 29.4 Å². The molecule has 0 bridgehead atoms. The molecular formula is C17H27N3S. The topological polar surface area (TPSA) is 41.3 Å². The van der Waals surface area contributed by atoms with E-state index in [2.05, 4.69) is 36.2 Å². The predicted molar refractivity (Wildman–Crippen MR) is 95.1 cm³/mol. The van der Waals surface area contributed by atoms with Gasteiger partial charge in [-0.3, -0.25) is 0 Å². The number of nitrogens with two attached hydrogens (primary N) is 1. The standard InChI is InChI=1S/C17H27N3S/c1-13-12-15(7-8-16(13)17(18)21)19-9-5-11-20-10-4-3-6-14(20)2/h7-8,12,14,19H,3-6,9-11H2,1-2H3,(H2,18,21). The van der Waals surface area contributed by atoms with Crippen molar-refractivity contribution in [3.8, 4) is 0 Å². The van der Waals surface area contributed by atoms with Crippen molar-refractivity contribution in [1.82, 2.24) is 4.90 Å². The third-order valence-corrected chi connectivity index (χ3v) is 4.60. The van der Waals surface area contributed by atoms with Crippen molar-refractivity contribution >= 4 is 22.9 Å². The molecule has 0 aliphatic carbocycles. The average molecular weight is 305 g/mol. The maximum absolute atomic E-state index is 5.69. The van der Waals surface area contributed by atoms with Crippen LogP contribution in [0.3, 0.4) is 0 Å². The molecule has 1 atom stereocenters. The van der Waals surface area contributed by atoms with Crippen LogP contribution >= 0.6 is 12.2 Å². The summed E-state index contributed by atoms with van der Waals surface area (Å²) >= 11 is 5.03. The summed E-state index contributed by atoms with van der Waals surface area (Å²) in [4.78, 5) is 3.09. The zero-order valence-electron chi connectivity index (χ0n) is 13.2. The first-order valence-electron chi connectivity index (χ1n) is 7.96. The first-order chi connectivity index (χ1) is 10.1. The molecule has 0 radical (unpaired) electrons. The maximum atomic E-state index is 5.69. The molecular weight excluding hydrogens is 278 g/mol. The van der Waals surface area contributed by atoms with Crippen molar-refractivity contribution in [1.29, 1.82) is 0 Å². The number of anilines is 1. The number of nitrogens with zero attached hydrogens (tertiary/aromatic N) is 1. The van der Waals surface area contributed by atoms with E-state index in [0.29, 0.717) is 4.99 Å². The van der Waals surface area contributed by atoms with Gasteiger partial charge in [-0.1, -0.05) is 18.6 Å². The molecule has 0 amide bonds. The van der Waals surface area contributed by atoms with Crippen LogP contribution in [0.15, 0.2) is 18.2 Å². The summed E-state index contributed by atoms with van der Waals surface area (Å²) in [7, 11) is 0. The first kappa shape index (κ1) is 16.2. The highest BCUT2D eigenvalue weighted by Crippen LogP contribution is 2.17. The lowest BCUT2D eigenvalue weighted by Gasteiger charge is -2.33. The molecule has 1 heterocycles. The number of benzene rings is 1. The monoisotopic (exact) mass is 305 g/mol. The second kappa shape index (κ2) is 7.76. The van der Waals surface area contributed by atoms with Crippen molar-refractivity contribution in [2.45, 2.75) is 45.6 Å². The molecule has 2 rings (SSSR count). The number of aryl methyl sites for hydroxylation is 1. The molecule has 0 saturated carbocycles. The Morgan fingerprint density at radius 3 is 2.90 bits per heavy atom. The Hall–Kier alpha value is -1.13. The van der Waals surface area contributed by atoms with Gasteiger partial charge in [0.15, 0.2) is 0 Å². The van der Waals surface area contributed by atoms with Gasteiger partial charge in [0.05, 0.1) is 0 Å². The molecule has 1 unspecified atom stereocenters. The molecule has 1 saturated heterocycles. The summed E-state index contributed by atoms with van der Waals surface area (Å²) in [5.41, 5.74) is 8.95. The highest BCUT2D eigenvalue weighted by atomic mass is 32.1. The lowest BCUT2D eigenvalue weighted by atomic mass is 10.0. The minimum absolute atomic E-state index is 0.470. The Morgan fingerprint density at radius 2 is 2.24 bits per heavy atom. The average Bonchev–Trinajstić information content (AvgIpc) is 2.45. The molecule has 1 aliphatic rings. The van der Waals surface area contributed by atoms with Crippen LogP contribution in [0, 0.1) is 6.92 Å². The smallest absolute Gasteiger partial charge is 0.104 e. The molecule has 3 N–H and O–H groups in total. The van der Waals surface area contributed by atoms with Crippen LogP contribution in [-0.4, -0.2) is 35.6 Å². The van der Waals surface area contributed by atoms with E-state index in [-0.39, 0.29) is 0 Å². The van der Waals surface area contributed by atoms with Crippen LogP contribution in [0.2, 0.25) is 0 Å². The lowest BCUT2D eigenvalue weighted by Crippen LogP contribution is -2.38. The van der Waals surface area contributed by atoms with Gasteiger partial charge in [0.25, 0.3) is 0 Å². The van der Waals surface area contributed by atoms with Gasteiger partial charge in [0.1, 0.15) is 4.99 Å². The molecule has 116 valence electrons. The van der Waals surface area contributed by atoms with E-state index in [4.69, 9.17) is 18.0 Å². The summed E-state index contributed by atoms with van der Waals surface area (Å²) in [6, 6.07) is 6.95. The van der Waals surface area contributed by atoms with Crippen molar-refractivity contribution in [2.75, 3.05) is 25.0 Å². The minimum Gasteiger partial charge on any atom is -0.389 e. The molecule has 4 heteroatoms. The molecule has 1 aromatic rings. The number of thiocarbonyl (C=S) groups is 1. The Morgan fingerprint density at radius 1 is 1.43 bits per heavy atom. The summed E-state index contributed by atoms with van der Waals surface area (Å²) in [6.07, 6.45) is 5.29. The van der Waals surface area contributed by atoms with Gasteiger partial charge in [0, 0.05) is 30.4 Å². The zero-order chi connectivity index (χ0) is 15.2. The van der Waals surface area contributed by atoms with Crippen LogP contribution in [0.1, 0.15) is 43.7 Å². The summed E-state index contributed by atoms with van der Waals surface area (Å²) < 4.78 is 0. The second-order valence-electron chi connectivity index (χ2n) is 6.06. The van der Waals surface area contributed by atoms with Crippen LogP contribution < -0.4 is 11.1 Å². The van der Waals surface area contributed by atoms with E-state index in [9.17, 15) is 0 Å². The normalized spacial score (nSPS) is 19.4. The third-order valence-electron chi connectivity index (χ3n) is 4.38. The molecule has 3 nitrogen and oxygen atoms in total. The van der Waals surface area contributed by atoms with Gasteiger partial charge in [-0.2, -0.15) is 0 Å². The second-order valence-corrected chi connectivity index (χ2v) is 6.49. The Kier molecular flexibility index (Phi) is 6.00. The Balaban J connectivity index is 1.76. The molecule has 21 heavy (non-hydrogen) atoms. The van der Waals surface area contributed by atoms with Gasteiger partial charge < -0.3 is 16.0 Å². The number of piperidine rings is 1. The zero-order valence-corrected chi connectivity index (χ0v) is 14.0. The Bertz CT molecular complexity index is 487. The van der Waals surface area contributed by atoms with Crippen LogP contribution in [-0.2, 0) is 0 Å². The van der Waals surface area contributed by atoms with Crippen LogP contribution in [0.4, 0.5) is 5.69 Å². The highest BCUT2D eigenvalue weighted by Gasteiger charge is 2.16. The number of nitrogens with one attached hydrogen (secondary N) is 1. The van der Waals surface area contributed by atoms with E-state index in [1.165, 1.54) is 38.8 Å².